The second-order valence-corrected chi connectivity index (χ2v) is 4.76. The van der Waals surface area contributed by atoms with Crippen molar-refractivity contribution < 1.29 is 17.6 Å². The average molecular weight is 350 g/mol. The summed E-state index contributed by atoms with van der Waals surface area (Å²) in [7, 11) is 0. The van der Waals surface area contributed by atoms with E-state index < -0.39 is 17.7 Å². The van der Waals surface area contributed by atoms with Gasteiger partial charge in [0.05, 0.1) is 23.3 Å². The van der Waals surface area contributed by atoms with Crippen molar-refractivity contribution in [1.29, 1.82) is 0 Å². The van der Waals surface area contributed by atoms with Crippen molar-refractivity contribution in [3.8, 4) is 0 Å². The van der Waals surface area contributed by atoms with E-state index in [4.69, 9.17) is 5.73 Å². The number of hydrogen-bond acceptors (Lipinski definition) is 3. The SMILES string of the molecule is Nc1cnc(C(F)(F)F)cc1Nc1cc(F)ccc1Br. The fourth-order valence-corrected chi connectivity index (χ4v) is 1.81. The maximum atomic E-state index is 13.1. The highest BCUT2D eigenvalue weighted by atomic mass is 79.9. The third-order valence-electron chi connectivity index (χ3n) is 2.42. The number of nitrogens with two attached hydrogens (primary N) is 1. The van der Waals surface area contributed by atoms with Crippen molar-refractivity contribution in [2.75, 3.05) is 11.1 Å². The van der Waals surface area contributed by atoms with E-state index in [1.54, 1.807) is 0 Å². The minimum atomic E-state index is -4.58. The molecule has 3 nitrogen and oxygen atoms in total. The van der Waals surface area contributed by atoms with Crippen LogP contribution in [-0.4, -0.2) is 4.98 Å². The van der Waals surface area contributed by atoms with Gasteiger partial charge in [0.25, 0.3) is 0 Å². The van der Waals surface area contributed by atoms with E-state index in [2.05, 4.69) is 26.2 Å². The van der Waals surface area contributed by atoms with Crippen molar-refractivity contribution in [2.45, 2.75) is 6.18 Å². The Bertz CT molecular complexity index is 643. The molecular weight excluding hydrogens is 342 g/mol. The van der Waals surface area contributed by atoms with Crippen LogP contribution in [0.4, 0.5) is 34.6 Å². The highest BCUT2D eigenvalue weighted by Gasteiger charge is 2.33. The highest BCUT2D eigenvalue weighted by molar-refractivity contribution is 9.10. The van der Waals surface area contributed by atoms with Crippen molar-refractivity contribution in [3.63, 3.8) is 0 Å². The fraction of sp³-hybridized carbons (Fsp3) is 0.0833. The molecule has 0 atom stereocenters. The van der Waals surface area contributed by atoms with Crippen molar-refractivity contribution in [3.05, 3.63) is 46.4 Å². The van der Waals surface area contributed by atoms with Crippen molar-refractivity contribution >= 4 is 33.0 Å². The number of nitrogens with zero attached hydrogens (tertiary/aromatic N) is 1. The first-order valence-corrected chi connectivity index (χ1v) is 6.11. The van der Waals surface area contributed by atoms with E-state index in [1.165, 1.54) is 12.1 Å². The topological polar surface area (TPSA) is 50.9 Å². The zero-order chi connectivity index (χ0) is 14.9. The predicted octanol–water partition coefficient (Wildman–Crippen LogP) is 4.33. The molecule has 1 aromatic carbocycles. The molecule has 1 heterocycles. The van der Waals surface area contributed by atoms with Gasteiger partial charge in [-0.05, 0) is 40.2 Å². The highest BCUT2D eigenvalue weighted by Crippen LogP contribution is 2.34. The number of halogens is 5. The molecule has 20 heavy (non-hydrogen) atoms. The molecule has 0 spiro atoms. The van der Waals surface area contributed by atoms with Gasteiger partial charge in [0.15, 0.2) is 0 Å². The Kier molecular flexibility index (Phi) is 3.85. The second kappa shape index (κ2) is 5.28. The number of nitrogens with one attached hydrogen (secondary N) is 1. The lowest BCUT2D eigenvalue weighted by Crippen LogP contribution is -2.09. The molecule has 0 aliphatic carbocycles. The smallest absolute Gasteiger partial charge is 0.396 e. The molecular formula is C12H8BrF4N3. The molecule has 0 aliphatic heterocycles. The molecule has 2 rings (SSSR count). The molecule has 2 aromatic rings. The zero-order valence-corrected chi connectivity index (χ0v) is 11.4. The summed E-state index contributed by atoms with van der Waals surface area (Å²) in [6, 6.07) is 4.55. The first kappa shape index (κ1) is 14.6. The number of benzene rings is 1. The van der Waals surface area contributed by atoms with Gasteiger partial charge in [-0.3, -0.25) is 0 Å². The Morgan fingerprint density at radius 1 is 1.15 bits per heavy atom. The number of rotatable bonds is 2. The van der Waals surface area contributed by atoms with Gasteiger partial charge < -0.3 is 11.1 Å². The van der Waals surface area contributed by atoms with Crippen LogP contribution in [0, 0.1) is 5.82 Å². The summed E-state index contributed by atoms with van der Waals surface area (Å²) in [5.74, 6) is -0.528. The molecule has 0 amide bonds. The lowest BCUT2D eigenvalue weighted by atomic mass is 10.2. The molecule has 0 saturated heterocycles. The van der Waals surface area contributed by atoms with Crippen LogP contribution in [0.1, 0.15) is 5.69 Å². The maximum absolute atomic E-state index is 13.1. The van der Waals surface area contributed by atoms with Crippen LogP contribution in [0.15, 0.2) is 34.9 Å². The molecule has 106 valence electrons. The Balaban J connectivity index is 2.40. The van der Waals surface area contributed by atoms with Crippen LogP contribution < -0.4 is 11.1 Å². The summed E-state index contributed by atoms with van der Waals surface area (Å²) >= 11 is 3.16. The van der Waals surface area contributed by atoms with Crippen LogP contribution in [-0.2, 0) is 6.18 Å². The molecule has 1 aromatic heterocycles. The van der Waals surface area contributed by atoms with Gasteiger partial charge >= 0.3 is 6.18 Å². The molecule has 0 unspecified atom stereocenters. The number of nitrogen functional groups attached to an aromatic ring is 1. The third kappa shape index (κ3) is 3.19. The molecule has 0 bridgehead atoms. The summed E-state index contributed by atoms with van der Waals surface area (Å²) in [5.41, 5.74) is 4.77. The lowest BCUT2D eigenvalue weighted by Gasteiger charge is -2.13. The van der Waals surface area contributed by atoms with Crippen LogP contribution in [0.25, 0.3) is 0 Å². The van der Waals surface area contributed by atoms with Crippen LogP contribution in [0.5, 0.6) is 0 Å². The van der Waals surface area contributed by atoms with E-state index in [0.29, 0.717) is 4.47 Å². The summed E-state index contributed by atoms with van der Waals surface area (Å²) < 4.78 is 51.4. The van der Waals surface area contributed by atoms with Gasteiger partial charge in [-0.25, -0.2) is 9.37 Å². The monoisotopic (exact) mass is 349 g/mol. The molecule has 8 heteroatoms. The van der Waals surface area contributed by atoms with E-state index in [-0.39, 0.29) is 17.1 Å². The minimum Gasteiger partial charge on any atom is -0.396 e. The van der Waals surface area contributed by atoms with Gasteiger partial charge in [-0.15, -0.1) is 0 Å². The quantitative estimate of drug-likeness (QED) is 0.793. The van der Waals surface area contributed by atoms with Gasteiger partial charge in [0.2, 0.25) is 0 Å². The molecule has 3 N–H and O–H groups in total. The fourth-order valence-electron chi connectivity index (χ4n) is 1.47. The standard InChI is InChI=1S/C12H8BrF4N3/c13-7-2-1-6(14)3-9(7)20-10-4-11(12(15,16)17)19-5-8(10)18/h1-5H,18H2,(H,19,20). The first-order valence-electron chi connectivity index (χ1n) is 5.32. The van der Waals surface area contributed by atoms with E-state index >= 15 is 0 Å². The Morgan fingerprint density at radius 2 is 1.85 bits per heavy atom. The number of aromatic nitrogens is 1. The number of pyridine rings is 1. The first-order chi connectivity index (χ1) is 9.27. The Morgan fingerprint density at radius 3 is 2.50 bits per heavy atom. The summed E-state index contributed by atoms with van der Waals surface area (Å²) in [6.45, 7) is 0. The van der Waals surface area contributed by atoms with E-state index in [9.17, 15) is 17.6 Å². The van der Waals surface area contributed by atoms with Crippen LogP contribution >= 0.6 is 15.9 Å². The van der Waals surface area contributed by atoms with E-state index in [1.807, 2.05) is 0 Å². The normalized spacial score (nSPS) is 11.4. The summed E-state index contributed by atoms with van der Waals surface area (Å²) in [5, 5.41) is 2.64. The van der Waals surface area contributed by atoms with Gasteiger partial charge in [0.1, 0.15) is 11.5 Å². The largest absolute Gasteiger partial charge is 0.433 e. The van der Waals surface area contributed by atoms with Gasteiger partial charge in [-0.2, -0.15) is 13.2 Å². The molecule has 0 radical (unpaired) electrons. The predicted molar refractivity (Wildman–Crippen MR) is 71.0 cm³/mol. The van der Waals surface area contributed by atoms with Crippen LogP contribution in [0.2, 0.25) is 0 Å². The zero-order valence-electron chi connectivity index (χ0n) is 9.80. The molecule has 0 saturated carbocycles. The summed E-state index contributed by atoms with van der Waals surface area (Å²) in [6.07, 6.45) is -3.68. The Hall–Kier alpha value is -1.83. The Labute approximate surface area is 119 Å². The number of alkyl halides is 3. The second-order valence-electron chi connectivity index (χ2n) is 3.90. The molecule has 0 fully saturated rings. The maximum Gasteiger partial charge on any atom is 0.433 e. The average Bonchev–Trinajstić information content (AvgIpc) is 2.35. The lowest BCUT2D eigenvalue weighted by molar-refractivity contribution is -0.141. The van der Waals surface area contributed by atoms with Crippen molar-refractivity contribution in [2.24, 2.45) is 0 Å². The molecule has 0 aliphatic rings. The van der Waals surface area contributed by atoms with Gasteiger partial charge in [-0.1, -0.05) is 0 Å². The number of hydrogen-bond donors (Lipinski definition) is 2. The minimum absolute atomic E-state index is 0.00127. The van der Waals surface area contributed by atoms with Gasteiger partial charge in [0, 0.05) is 4.47 Å². The summed E-state index contributed by atoms with van der Waals surface area (Å²) in [4.78, 5) is 3.22. The third-order valence-corrected chi connectivity index (χ3v) is 3.11. The number of anilines is 3. The van der Waals surface area contributed by atoms with Crippen molar-refractivity contribution in [1.82, 2.24) is 4.98 Å². The van der Waals surface area contributed by atoms with E-state index in [0.717, 1.165) is 18.3 Å². The van der Waals surface area contributed by atoms with Crippen LogP contribution in [0.3, 0.4) is 0 Å².